The van der Waals surface area contributed by atoms with Crippen LogP contribution in [0.4, 0.5) is 0 Å². The zero-order valence-corrected chi connectivity index (χ0v) is 17.2. The number of carbonyl (C=O) groups excluding carboxylic acids is 1. The second kappa shape index (κ2) is 10.9. The van der Waals surface area contributed by atoms with Gasteiger partial charge in [0.25, 0.3) is 0 Å². The Balaban J connectivity index is 0.00000484. The molecule has 1 rings (SSSR count). The standard InChI is InChI=1S/C15H22Cl2N4O.HI/c1-9(2)14(22)19-6-7-20-15(18)21-10(3)12-5-4-11(16)8-13(12)17;/h4-5,8-10H,6-7H2,1-3H3,(H,19,22)(H3,18,20,21);1H. The van der Waals surface area contributed by atoms with Gasteiger partial charge in [0, 0.05) is 22.5 Å². The van der Waals surface area contributed by atoms with Crippen LogP contribution in [0.2, 0.25) is 10.0 Å². The highest BCUT2D eigenvalue weighted by Crippen LogP contribution is 2.25. The summed E-state index contributed by atoms with van der Waals surface area (Å²) < 4.78 is 0. The van der Waals surface area contributed by atoms with Gasteiger partial charge in [-0.1, -0.05) is 43.1 Å². The second-order valence-corrected chi connectivity index (χ2v) is 6.09. The molecule has 1 aromatic carbocycles. The van der Waals surface area contributed by atoms with Gasteiger partial charge in [-0.15, -0.1) is 24.0 Å². The van der Waals surface area contributed by atoms with Crippen molar-refractivity contribution in [2.75, 3.05) is 13.1 Å². The fourth-order valence-corrected chi connectivity index (χ4v) is 2.33. The maximum Gasteiger partial charge on any atom is 0.222 e. The first-order valence-electron chi connectivity index (χ1n) is 7.10. The van der Waals surface area contributed by atoms with Crippen molar-refractivity contribution in [1.82, 2.24) is 10.6 Å². The van der Waals surface area contributed by atoms with Gasteiger partial charge in [0.1, 0.15) is 0 Å². The van der Waals surface area contributed by atoms with Crippen molar-refractivity contribution in [2.45, 2.75) is 26.8 Å². The average molecular weight is 473 g/mol. The van der Waals surface area contributed by atoms with E-state index < -0.39 is 0 Å². The number of carbonyl (C=O) groups is 1. The van der Waals surface area contributed by atoms with Crippen LogP contribution in [-0.2, 0) is 4.79 Å². The van der Waals surface area contributed by atoms with E-state index in [0.29, 0.717) is 29.1 Å². The van der Waals surface area contributed by atoms with Crippen LogP contribution in [0.25, 0.3) is 0 Å². The zero-order chi connectivity index (χ0) is 16.7. The SMILES string of the molecule is CC(C)C(=O)NCCN=C(N)NC(C)c1ccc(Cl)cc1Cl.I. The molecule has 0 bridgehead atoms. The molecule has 0 aliphatic rings. The second-order valence-electron chi connectivity index (χ2n) is 5.24. The quantitative estimate of drug-likeness (QED) is 0.257. The summed E-state index contributed by atoms with van der Waals surface area (Å²) in [5, 5.41) is 6.99. The number of halogens is 3. The van der Waals surface area contributed by atoms with Gasteiger partial charge in [0.2, 0.25) is 5.91 Å². The summed E-state index contributed by atoms with van der Waals surface area (Å²) >= 11 is 12.0. The molecule has 0 radical (unpaired) electrons. The van der Waals surface area contributed by atoms with Crippen molar-refractivity contribution in [3.05, 3.63) is 33.8 Å². The summed E-state index contributed by atoms with van der Waals surface area (Å²) in [5.74, 6) is 0.270. The molecule has 1 unspecified atom stereocenters. The Labute approximate surface area is 164 Å². The molecule has 0 fully saturated rings. The Morgan fingerprint density at radius 1 is 1.30 bits per heavy atom. The highest BCUT2D eigenvalue weighted by molar-refractivity contribution is 14.0. The maximum absolute atomic E-state index is 11.4. The fourth-order valence-electron chi connectivity index (χ4n) is 1.76. The number of amides is 1. The third kappa shape index (κ3) is 8.08. The number of aliphatic imine (C=N–C) groups is 1. The Bertz CT molecular complexity index is 552. The van der Waals surface area contributed by atoms with Crippen LogP contribution in [-0.4, -0.2) is 25.0 Å². The van der Waals surface area contributed by atoms with Crippen molar-refractivity contribution in [3.8, 4) is 0 Å². The molecule has 1 amide bonds. The molecule has 0 spiro atoms. The van der Waals surface area contributed by atoms with Crippen molar-refractivity contribution < 1.29 is 4.79 Å². The van der Waals surface area contributed by atoms with Crippen molar-refractivity contribution >= 4 is 59.0 Å². The number of benzene rings is 1. The molecule has 0 heterocycles. The highest BCUT2D eigenvalue weighted by atomic mass is 127. The van der Waals surface area contributed by atoms with Gasteiger partial charge >= 0.3 is 0 Å². The minimum atomic E-state index is -0.0984. The van der Waals surface area contributed by atoms with E-state index in [9.17, 15) is 4.79 Å². The number of nitrogens with zero attached hydrogens (tertiary/aromatic N) is 1. The lowest BCUT2D eigenvalue weighted by Crippen LogP contribution is -2.35. The van der Waals surface area contributed by atoms with Crippen molar-refractivity contribution in [1.29, 1.82) is 0 Å². The molecule has 5 nitrogen and oxygen atoms in total. The predicted molar refractivity (Wildman–Crippen MR) is 108 cm³/mol. The van der Waals surface area contributed by atoms with Gasteiger partial charge in [-0.2, -0.15) is 0 Å². The normalized spacial score (nSPS) is 12.5. The Hall–Kier alpha value is -0.730. The molecule has 130 valence electrons. The third-order valence-corrected chi connectivity index (χ3v) is 3.57. The summed E-state index contributed by atoms with van der Waals surface area (Å²) in [6.45, 7) is 6.48. The molecule has 0 aromatic heterocycles. The number of guanidine groups is 1. The zero-order valence-electron chi connectivity index (χ0n) is 13.4. The van der Waals surface area contributed by atoms with Crippen LogP contribution in [0.1, 0.15) is 32.4 Å². The number of nitrogens with two attached hydrogens (primary N) is 1. The van der Waals surface area contributed by atoms with E-state index >= 15 is 0 Å². The Morgan fingerprint density at radius 2 is 1.96 bits per heavy atom. The first kappa shape index (κ1) is 22.3. The van der Waals surface area contributed by atoms with Gasteiger partial charge in [0.05, 0.1) is 12.6 Å². The summed E-state index contributed by atoms with van der Waals surface area (Å²) in [7, 11) is 0. The molecule has 8 heteroatoms. The lowest BCUT2D eigenvalue weighted by Gasteiger charge is -2.16. The van der Waals surface area contributed by atoms with Crippen LogP contribution in [0, 0.1) is 5.92 Å². The summed E-state index contributed by atoms with van der Waals surface area (Å²) in [4.78, 5) is 15.6. The highest BCUT2D eigenvalue weighted by Gasteiger charge is 2.10. The lowest BCUT2D eigenvalue weighted by molar-refractivity contribution is -0.123. The fraction of sp³-hybridized carbons (Fsp3) is 0.467. The van der Waals surface area contributed by atoms with E-state index in [4.69, 9.17) is 28.9 Å². The van der Waals surface area contributed by atoms with E-state index in [1.165, 1.54) is 0 Å². The molecule has 0 aliphatic heterocycles. The number of rotatable bonds is 6. The molecule has 1 atom stereocenters. The predicted octanol–water partition coefficient (Wildman–Crippen LogP) is 3.35. The van der Waals surface area contributed by atoms with E-state index in [0.717, 1.165) is 5.56 Å². The Morgan fingerprint density at radius 3 is 2.52 bits per heavy atom. The van der Waals surface area contributed by atoms with Gasteiger partial charge in [-0.05, 0) is 24.6 Å². The lowest BCUT2D eigenvalue weighted by atomic mass is 10.1. The maximum atomic E-state index is 11.4. The third-order valence-electron chi connectivity index (χ3n) is 3.01. The van der Waals surface area contributed by atoms with Crippen LogP contribution in [0.5, 0.6) is 0 Å². The first-order chi connectivity index (χ1) is 10.3. The number of hydrogen-bond acceptors (Lipinski definition) is 2. The van der Waals surface area contributed by atoms with Gasteiger partial charge < -0.3 is 16.4 Å². The largest absolute Gasteiger partial charge is 0.370 e. The molecular weight excluding hydrogens is 450 g/mol. The summed E-state index contributed by atoms with van der Waals surface area (Å²) in [6, 6.07) is 5.21. The van der Waals surface area contributed by atoms with Gasteiger partial charge in [0.15, 0.2) is 5.96 Å². The monoisotopic (exact) mass is 472 g/mol. The number of nitrogens with one attached hydrogen (secondary N) is 2. The molecule has 23 heavy (non-hydrogen) atoms. The van der Waals surface area contributed by atoms with Crippen LogP contribution >= 0.6 is 47.2 Å². The van der Waals surface area contributed by atoms with Crippen LogP contribution in [0.3, 0.4) is 0 Å². The summed E-state index contributed by atoms with van der Waals surface area (Å²) in [5.41, 5.74) is 6.71. The van der Waals surface area contributed by atoms with Crippen LogP contribution < -0.4 is 16.4 Å². The van der Waals surface area contributed by atoms with Gasteiger partial charge in [-0.3, -0.25) is 9.79 Å². The molecule has 0 saturated heterocycles. The van der Waals surface area contributed by atoms with E-state index in [-0.39, 0.29) is 41.8 Å². The number of hydrogen-bond donors (Lipinski definition) is 3. The summed E-state index contributed by atoms with van der Waals surface area (Å²) in [6.07, 6.45) is 0. The van der Waals surface area contributed by atoms with E-state index in [1.807, 2.05) is 26.8 Å². The smallest absolute Gasteiger partial charge is 0.222 e. The minimum absolute atomic E-state index is 0. The van der Waals surface area contributed by atoms with Gasteiger partial charge in [-0.25, -0.2) is 0 Å². The van der Waals surface area contributed by atoms with Crippen molar-refractivity contribution in [3.63, 3.8) is 0 Å². The topological polar surface area (TPSA) is 79.5 Å². The van der Waals surface area contributed by atoms with Crippen LogP contribution in [0.15, 0.2) is 23.2 Å². The minimum Gasteiger partial charge on any atom is -0.370 e. The molecule has 0 saturated carbocycles. The average Bonchev–Trinajstić information content (AvgIpc) is 2.42. The molecule has 4 N–H and O–H groups in total. The molecular formula is C15H23Cl2IN4O. The van der Waals surface area contributed by atoms with E-state index in [1.54, 1.807) is 12.1 Å². The van der Waals surface area contributed by atoms with Crippen molar-refractivity contribution in [2.24, 2.45) is 16.6 Å². The Kier molecular flexibility index (Phi) is 10.6. The van der Waals surface area contributed by atoms with E-state index in [2.05, 4.69) is 15.6 Å². The first-order valence-corrected chi connectivity index (χ1v) is 7.86. The molecule has 0 aliphatic carbocycles. The molecule has 1 aromatic rings.